The van der Waals surface area contributed by atoms with Crippen LogP contribution in [0.25, 0.3) is 11.0 Å². The van der Waals surface area contributed by atoms with Crippen LogP contribution in [0.5, 0.6) is 0 Å². The fourth-order valence-electron chi connectivity index (χ4n) is 2.33. The Labute approximate surface area is 147 Å². The molecule has 2 aromatic carbocycles. The summed E-state index contributed by atoms with van der Waals surface area (Å²) in [4.78, 5) is 36.5. The Hall–Kier alpha value is -2.92. The summed E-state index contributed by atoms with van der Waals surface area (Å²) in [5.41, 5.74) is -0.339. The summed E-state index contributed by atoms with van der Waals surface area (Å²) in [6.45, 7) is 1.44. The number of rotatable bonds is 4. The van der Waals surface area contributed by atoms with Gasteiger partial charge in [0.1, 0.15) is 11.1 Å². The van der Waals surface area contributed by atoms with E-state index in [1.165, 1.54) is 13.0 Å². The van der Waals surface area contributed by atoms with Crippen molar-refractivity contribution in [2.24, 2.45) is 0 Å². The zero-order chi connectivity index (χ0) is 18.0. The maximum absolute atomic E-state index is 12.3. The molecule has 0 aliphatic heterocycles. The van der Waals surface area contributed by atoms with Crippen LogP contribution in [0.4, 0.5) is 0 Å². The first kappa shape index (κ1) is 16.9. The Bertz CT molecular complexity index is 1000. The number of ketones is 1. The molecule has 1 aromatic heterocycles. The minimum Gasteiger partial charge on any atom is -0.450 e. The average Bonchev–Trinajstić information content (AvgIpc) is 2.61. The molecule has 0 radical (unpaired) electrons. The second-order valence-electron chi connectivity index (χ2n) is 5.40. The van der Waals surface area contributed by atoms with Gasteiger partial charge in [-0.3, -0.25) is 4.79 Å². The second kappa shape index (κ2) is 6.91. The van der Waals surface area contributed by atoms with Crippen molar-refractivity contribution in [1.29, 1.82) is 0 Å². The molecule has 25 heavy (non-hydrogen) atoms. The number of ether oxygens (including phenoxy) is 1. The topological polar surface area (TPSA) is 73.6 Å². The molecule has 3 rings (SSSR count). The van der Waals surface area contributed by atoms with Gasteiger partial charge in [-0.25, -0.2) is 9.59 Å². The summed E-state index contributed by atoms with van der Waals surface area (Å²) in [7, 11) is 0. The maximum Gasteiger partial charge on any atom is 0.351 e. The summed E-state index contributed by atoms with van der Waals surface area (Å²) >= 11 is 5.78. The van der Waals surface area contributed by atoms with Crippen molar-refractivity contribution in [1.82, 2.24) is 0 Å². The van der Waals surface area contributed by atoms with Gasteiger partial charge >= 0.3 is 11.6 Å². The van der Waals surface area contributed by atoms with Crippen LogP contribution in [0.1, 0.15) is 27.6 Å². The molecule has 0 saturated carbocycles. The summed E-state index contributed by atoms with van der Waals surface area (Å²) in [6, 6.07) is 14.4. The van der Waals surface area contributed by atoms with Crippen molar-refractivity contribution in [2.45, 2.75) is 13.0 Å². The number of carbonyl (C=O) groups is 2. The average molecular weight is 357 g/mol. The third-order valence-electron chi connectivity index (χ3n) is 3.64. The van der Waals surface area contributed by atoms with E-state index in [4.69, 9.17) is 20.8 Å². The van der Waals surface area contributed by atoms with E-state index in [0.29, 0.717) is 21.6 Å². The molecule has 1 heterocycles. The molecule has 3 aromatic rings. The number of halogens is 1. The first-order valence-electron chi connectivity index (χ1n) is 7.49. The number of Topliss-reactive ketones (excluding diaryl/α,β-unsaturated/α-hetero) is 1. The van der Waals surface area contributed by atoms with E-state index < -0.39 is 23.5 Å². The van der Waals surface area contributed by atoms with Gasteiger partial charge in [0.2, 0.25) is 5.78 Å². The summed E-state index contributed by atoms with van der Waals surface area (Å²) in [6.07, 6.45) is -1.06. The molecule has 1 atom stereocenters. The smallest absolute Gasteiger partial charge is 0.351 e. The molecular weight excluding hydrogens is 344 g/mol. The Morgan fingerprint density at radius 1 is 1.08 bits per heavy atom. The predicted octanol–water partition coefficient (Wildman–Crippen LogP) is 3.87. The molecule has 0 bridgehead atoms. The molecule has 6 heteroatoms. The number of fused-ring (bicyclic) bond motifs is 1. The molecule has 0 N–H and O–H groups in total. The summed E-state index contributed by atoms with van der Waals surface area (Å²) in [5, 5.41) is 1.08. The highest BCUT2D eigenvalue weighted by atomic mass is 35.5. The Morgan fingerprint density at radius 3 is 2.48 bits per heavy atom. The van der Waals surface area contributed by atoms with Gasteiger partial charge in [-0.2, -0.15) is 0 Å². The molecular formula is C19H13ClO5. The fraction of sp³-hybridized carbons (Fsp3) is 0.105. The first-order valence-corrected chi connectivity index (χ1v) is 7.87. The molecule has 0 spiro atoms. The van der Waals surface area contributed by atoms with E-state index in [2.05, 4.69) is 0 Å². The van der Waals surface area contributed by atoms with Gasteiger partial charge in [0, 0.05) is 16.0 Å². The van der Waals surface area contributed by atoms with E-state index in [1.807, 2.05) is 0 Å². The quantitative estimate of drug-likeness (QED) is 0.403. The number of hydrogen-bond donors (Lipinski definition) is 0. The first-order chi connectivity index (χ1) is 12.0. The summed E-state index contributed by atoms with van der Waals surface area (Å²) in [5.74, 6) is -1.30. The molecule has 0 aliphatic carbocycles. The van der Waals surface area contributed by atoms with Crippen molar-refractivity contribution in [3.05, 3.63) is 81.2 Å². The maximum atomic E-state index is 12.3. The van der Waals surface area contributed by atoms with Gasteiger partial charge in [0.05, 0.1) is 0 Å². The van der Waals surface area contributed by atoms with Gasteiger partial charge in [0.15, 0.2) is 6.10 Å². The van der Waals surface area contributed by atoms with Gasteiger partial charge < -0.3 is 9.15 Å². The van der Waals surface area contributed by atoms with Crippen LogP contribution >= 0.6 is 11.6 Å². The number of benzene rings is 2. The van der Waals surface area contributed by atoms with E-state index in [-0.39, 0.29) is 5.56 Å². The fourth-order valence-corrected chi connectivity index (χ4v) is 2.46. The van der Waals surface area contributed by atoms with Crippen LogP contribution in [0.15, 0.2) is 63.8 Å². The van der Waals surface area contributed by atoms with E-state index in [0.717, 1.165) is 0 Å². The Kier molecular flexibility index (Phi) is 4.67. The zero-order valence-corrected chi connectivity index (χ0v) is 13.9. The molecule has 0 saturated heterocycles. The van der Waals surface area contributed by atoms with E-state index >= 15 is 0 Å². The lowest BCUT2D eigenvalue weighted by Gasteiger charge is -2.12. The molecule has 0 amide bonds. The van der Waals surface area contributed by atoms with Gasteiger partial charge in [0.25, 0.3) is 0 Å². The monoisotopic (exact) mass is 356 g/mol. The van der Waals surface area contributed by atoms with Crippen LogP contribution < -0.4 is 5.63 Å². The van der Waals surface area contributed by atoms with Crippen molar-refractivity contribution in [3.63, 3.8) is 0 Å². The van der Waals surface area contributed by atoms with E-state index in [9.17, 15) is 14.4 Å². The molecule has 5 nitrogen and oxygen atoms in total. The lowest BCUT2D eigenvalue weighted by molar-refractivity contribution is 0.0315. The Balaban J connectivity index is 1.82. The third-order valence-corrected chi connectivity index (χ3v) is 3.90. The molecule has 0 aliphatic rings. The predicted molar refractivity (Wildman–Crippen MR) is 93.1 cm³/mol. The van der Waals surface area contributed by atoms with Gasteiger partial charge in [-0.1, -0.05) is 29.8 Å². The minimum absolute atomic E-state index is 0.255. The highest BCUT2D eigenvalue weighted by Gasteiger charge is 2.23. The van der Waals surface area contributed by atoms with Crippen LogP contribution in [0.3, 0.4) is 0 Å². The Morgan fingerprint density at radius 2 is 1.76 bits per heavy atom. The lowest BCUT2D eigenvalue weighted by Crippen LogP contribution is -2.27. The number of esters is 1. The van der Waals surface area contributed by atoms with Gasteiger partial charge in [-0.15, -0.1) is 0 Å². The number of para-hydroxylation sites is 1. The second-order valence-corrected chi connectivity index (χ2v) is 5.84. The van der Waals surface area contributed by atoms with Crippen LogP contribution in [-0.4, -0.2) is 17.9 Å². The SMILES string of the molecule is C[C@@H](OC(=O)c1cc2ccccc2oc1=O)C(=O)c1ccc(Cl)cc1. The highest BCUT2D eigenvalue weighted by Crippen LogP contribution is 2.15. The molecule has 0 fully saturated rings. The van der Waals surface area contributed by atoms with Crippen molar-refractivity contribution >= 4 is 34.3 Å². The lowest BCUT2D eigenvalue weighted by atomic mass is 10.1. The van der Waals surface area contributed by atoms with Crippen molar-refractivity contribution in [3.8, 4) is 0 Å². The normalized spacial score (nSPS) is 11.9. The molecule has 126 valence electrons. The molecule has 0 unspecified atom stereocenters. The highest BCUT2D eigenvalue weighted by molar-refractivity contribution is 6.30. The minimum atomic E-state index is -1.06. The standard InChI is InChI=1S/C19H13ClO5/c1-11(17(21)12-6-8-14(20)9-7-12)24-18(22)15-10-13-4-2-3-5-16(13)25-19(15)23/h2-11H,1H3/t11-/m1/s1. The largest absolute Gasteiger partial charge is 0.450 e. The van der Waals surface area contributed by atoms with Crippen LogP contribution in [0.2, 0.25) is 5.02 Å². The third kappa shape index (κ3) is 3.61. The summed E-state index contributed by atoms with van der Waals surface area (Å²) < 4.78 is 10.2. The van der Waals surface area contributed by atoms with Crippen LogP contribution in [0, 0.1) is 0 Å². The van der Waals surface area contributed by atoms with Crippen molar-refractivity contribution in [2.75, 3.05) is 0 Å². The van der Waals surface area contributed by atoms with Crippen molar-refractivity contribution < 1.29 is 18.7 Å². The van der Waals surface area contributed by atoms with Crippen LogP contribution in [-0.2, 0) is 4.74 Å². The number of hydrogen-bond acceptors (Lipinski definition) is 5. The van der Waals surface area contributed by atoms with E-state index in [1.54, 1.807) is 48.5 Å². The number of carbonyl (C=O) groups excluding carboxylic acids is 2. The zero-order valence-electron chi connectivity index (χ0n) is 13.2. The van der Waals surface area contributed by atoms with Gasteiger partial charge in [-0.05, 0) is 43.3 Å².